The third-order valence-electron chi connectivity index (χ3n) is 2.57. The molecule has 1 atom stereocenters. The molecule has 0 aliphatic rings. The van der Waals surface area contributed by atoms with E-state index in [1.54, 1.807) is 19.1 Å². The lowest BCUT2D eigenvalue weighted by Gasteiger charge is -2.13. The van der Waals surface area contributed by atoms with Crippen molar-refractivity contribution in [2.75, 3.05) is 12.4 Å². The standard InChI is InChI=1S/C13H16N2O5/c1-7-3-4-10(8(5-7)13(19)20-2)15-12(18)9(14)6-11(16)17/h3-5,9H,6,14H2,1-2H3,(H,15,18)(H,16,17). The Hall–Kier alpha value is -2.41. The Bertz CT molecular complexity index is 542. The number of hydrogen-bond acceptors (Lipinski definition) is 5. The van der Waals surface area contributed by atoms with Gasteiger partial charge in [0.15, 0.2) is 0 Å². The second-order valence-electron chi connectivity index (χ2n) is 4.23. The second-order valence-corrected chi connectivity index (χ2v) is 4.23. The zero-order valence-corrected chi connectivity index (χ0v) is 11.2. The van der Waals surface area contributed by atoms with Crippen molar-refractivity contribution >= 4 is 23.5 Å². The number of ether oxygens (including phenoxy) is 1. The van der Waals surface area contributed by atoms with E-state index in [2.05, 4.69) is 10.1 Å². The highest BCUT2D eigenvalue weighted by atomic mass is 16.5. The molecule has 0 saturated heterocycles. The number of anilines is 1. The highest BCUT2D eigenvalue weighted by molar-refractivity contribution is 6.03. The minimum absolute atomic E-state index is 0.184. The molecule has 0 spiro atoms. The molecule has 0 radical (unpaired) electrons. The summed E-state index contributed by atoms with van der Waals surface area (Å²) < 4.78 is 4.62. The van der Waals surface area contributed by atoms with Gasteiger partial charge in [-0.25, -0.2) is 4.79 Å². The zero-order chi connectivity index (χ0) is 15.3. The Morgan fingerprint density at radius 1 is 1.40 bits per heavy atom. The van der Waals surface area contributed by atoms with Crippen LogP contribution < -0.4 is 11.1 Å². The maximum atomic E-state index is 11.7. The van der Waals surface area contributed by atoms with Gasteiger partial charge in [-0.2, -0.15) is 0 Å². The van der Waals surface area contributed by atoms with Crippen molar-refractivity contribution in [2.45, 2.75) is 19.4 Å². The van der Waals surface area contributed by atoms with Crippen LogP contribution in [0, 0.1) is 6.92 Å². The van der Waals surface area contributed by atoms with E-state index >= 15 is 0 Å². The molecule has 1 aromatic carbocycles. The monoisotopic (exact) mass is 280 g/mol. The SMILES string of the molecule is COC(=O)c1cc(C)ccc1NC(=O)C(N)CC(=O)O. The molecule has 108 valence electrons. The largest absolute Gasteiger partial charge is 0.481 e. The number of hydrogen-bond donors (Lipinski definition) is 3. The molecule has 4 N–H and O–H groups in total. The minimum Gasteiger partial charge on any atom is -0.481 e. The molecular formula is C13H16N2O5. The first-order chi connectivity index (χ1) is 9.35. The van der Waals surface area contributed by atoms with Crippen LogP contribution in [0.5, 0.6) is 0 Å². The van der Waals surface area contributed by atoms with Crippen molar-refractivity contribution in [3.8, 4) is 0 Å². The van der Waals surface area contributed by atoms with E-state index in [0.29, 0.717) is 0 Å². The predicted octanol–water partition coefficient (Wildman–Crippen LogP) is 0.522. The van der Waals surface area contributed by atoms with E-state index in [0.717, 1.165) is 5.56 Å². The van der Waals surface area contributed by atoms with Gasteiger partial charge in [0.05, 0.1) is 30.8 Å². The molecule has 0 bridgehead atoms. The van der Waals surface area contributed by atoms with Crippen LogP contribution in [-0.2, 0) is 14.3 Å². The quantitative estimate of drug-likeness (QED) is 0.677. The first-order valence-electron chi connectivity index (χ1n) is 5.82. The Kier molecular flexibility index (Phi) is 5.22. The van der Waals surface area contributed by atoms with Gasteiger partial charge in [-0.05, 0) is 19.1 Å². The molecule has 0 saturated carbocycles. The van der Waals surface area contributed by atoms with Crippen LogP contribution in [-0.4, -0.2) is 36.1 Å². The van der Waals surface area contributed by atoms with Crippen LogP contribution in [0.1, 0.15) is 22.3 Å². The molecule has 0 heterocycles. The Morgan fingerprint density at radius 3 is 2.60 bits per heavy atom. The van der Waals surface area contributed by atoms with Gasteiger partial charge in [0, 0.05) is 0 Å². The summed E-state index contributed by atoms with van der Waals surface area (Å²) in [5.41, 5.74) is 6.68. The molecule has 0 fully saturated rings. The van der Waals surface area contributed by atoms with Gasteiger partial charge in [-0.15, -0.1) is 0 Å². The smallest absolute Gasteiger partial charge is 0.339 e. The van der Waals surface area contributed by atoms with Crippen LogP contribution in [0.25, 0.3) is 0 Å². The second kappa shape index (κ2) is 6.67. The van der Waals surface area contributed by atoms with Gasteiger partial charge < -0.3 is 20.9 Å². The molecule has 0 aromatic heterocycles. The lowest BCUT2D eigenvalue weighted by Crippen LogP contribution is -2.37. The number of aliphatic carboxylic acids is 1. The first kappa shape index (κ1) is 15.6. The van der Waals surface area contributed by atoms with E-state index in [9.17, 15) is 14.4 Å². The number of carboxylic acid groups (broad SMARTS) is 1. The van der Waals surface area contributed by atoms with Gasteiger partial charge in [-0.1, -0.05) is 11.6 Å². The summed E-state index contributed by atoms with van der Waals surface area (Å²) >= 11 is 0. The van der Waals surface area contributed by atoms with Crippen LogP contribution in [0.2, 0.25) is 0 Å². The van der Waals surface area contributed by atoms with E-state index in [1.165, 1.54) is 13.2 Å². The number of aryl methyl sites for hydroxylation is 1. The third-order valence-corrected chi connectivity index (χ3v) is 2.57. The molecule has 0 aliphatic heterocycles. The summed E-state index contributed by atoms with van der Waals surface area (Å²) in [6.45, 7) is 1.79. The molecule has 0 aliphatic carbocycles. The lowest BCUT2D eigenvalue weighted by molar-refractivity contribution is -0.138. The first-order valence-corrected chi connectivity index (χ1v) is 5.82. The minimum atomic E-state index is -1.20. The average Bonchev–Trinajstić information content (AvgIpc) is 2.38. The molecule has 20 heavy (non-hydrogen) atoms. The number of nitrogens with two attached hydrogens (primary N) is 1. The van der Waals surface area contributed by atoms with Gasteiger partial charge in [0.2, 0.25) is 5.91 Å². The van der Waals surface area contributed by atoms with Crippen molar-refractivity contribution < 1.29 is 24.2 Å². The fourth-order valence-electron chi connectivity index (χ4n) is 1.55. The highest BCUT2D eigenvalue weighted by Gasteiger charge is 2.20. The molecule has 1 amide bonds. The maximum absolute atomic E-state index is 11.7. The number of benzene rings is 1. The van der Waals surface area contributed by atoms with Crippen LogP contribution in [0.3, 0.4) is 0 Å². The van der Waals surface area contributed by atoms with Gasteiger partial charge in [-0.3, -0.25) is 9.59 Å². The number of carbonyl (C=O) groups excluding carboxylic acids is 2. The van der Waals surface area contributed by atoms with Crippen LogP contribution in [0.15, 0.2) is 18.2 Å². The summed E-state index contributed by atoms with van der Waals surface area (Å²) in [5.74, 6) is -2.46. The summed E-state index contributed by atoms with van der Waals surface area (Å²) in [5, 5.41) is 11.0. The van der Waals surface area contributed by atoms with Crippen LogP contribution >= 0.6 is 0 Å². The number of rotatable bonds is 5. The summed E-state index contributed by atoms with van der Waals surface area (Å²) in [6.07, 6.45) is -0.495. The molecule has 1 unspecified atom stereocenters. The lowest BCUT2D eigenvalue weighted by atomic mass is 10.1. The average molecular weight is 280 g/mol. The van der Waals surface area contributed by atoms with Crippen molar-refractivity contribution in [3.63, 3.8) is 0 Å². The Labute approximate surface area is 115 Å². The van der Waals surface area contributed by atoms with Crippen molar-refractivity contribution in [2.24, 2.45) is 5.73 Å². The molecular weight excluding hydrogens is 264 g/mol. The third kappa shape index (κ3) is 4.06. The topological polar surface area (TPSA) is 119 Å². The Balaban J connectivity index is 2.94. The molecule has 1 rings (SSSR count). The van der Waals surface area contributed by atoms with Gasteiger partial charge >= 0.3 is 11.9 Å². The zero-order valence-electron chi connectivity index (χ0n) is 11.2. The summed E-state index contributed by atoms with van der Waals surface area (Å²) in [7, 11) is 1.23. The van der Waals surface area contributed by atoms with E-state index in [-0.39, 0.29) is 11.3 Å². The number of nitrogens with one attached hydrogen (secondary N) is 1. The molecule has 1 aromatic rings. The van der Waals surface area contributed by atoms with E-state index < -0.39 is 30.3 Å². The Morgan fingerprint density at radius 2 is 2.05 bits per heavy atom. The maximum Gasteiger partial charge on any atom is 0.339 e. The fraction of sp³-hybridized carbons (Fsp3) is 0.308. The molecule has 7 heteroatoms. The highest BCUT2D eigenvalue weighted by Crippen LogP contribution is 2.18. The number of amides is 1. The number of methoxy groups -OCH3 is 1. The van der Waals surface area contributed by atoms with Crippen molar-refractivity contribution in [1.82, 2.24) is 0 Å². The van der Waals surface area contributed by atoms with Gasteiger partial charge in [0.25, 0.3) is 0 Å². The predicted molar refractivity (Wildman–Crippen MR) is 71.4 cm³/mol. The van der Waals surface area contributed by atoms with Crippen LogP contribution in [0.4, 0.5) is 5.69 Å². The normalized spacial score (nSPS) is 11.6. The number of esters is 1. The summed E-state index contributed by atoms with van der Waals surface area (Å²) in [4.78, 5) is 33.9. The number of carboxylic acids is 1. The van der Waals surface area contributed by atoms with Crippen molar-refractivity contribution in [1.29, 1.82) is 0 Å². The number of carbonyl (C=O) groups is 3. The van der Waals surface area contributed by atoms with E-state index in [1.807, 2.05) is 0 Å². The van der Waals surface area contributed by atoms with Gasteiger partial charge in [0.1, 0.15) is 0 Å². The van der Waals surface area contributed by atoms with E-state index in [4.69, 9.17) is 10.8 Å². The summed E-state index contributed by atoms with van der Waals surface area (Å²) in [6, 6.07) is 3.60. The fourth-order valence-corrected chi connectivity index (χ4v) is 1.55. The molecule has 7 nitrogen and oxygen atoms in total. The van der Waals surface area contributed by atoms with Crippen molar-refractivity contribution in [3.05, 3.63) is 29.3 Å².